The van der Waals surface area contributed by atoms with Gasteiger partial charge in [-0.15, -0.1) is 0 Å². The van der Waals surface area contributed by atoms with Gasteiger partial charge in [-0.25, -0.2) is 0 Å². The first-order valence-corrected chi connectivity index (χ1v) is 18.7. The average molecular weight is 704 g/mol. The van der Waals surface area contributed by atoms with Crippen LogP contribution in [-0.4, -0.2) is 0 Å². The summed E-state index contributed by atoms with van der Waals surface area (Å²) in [6.07, 6.45) is 0. The molecule has 0 saturated heterocycles. The monoisotopic (exact) mass is 703 g/mol. The maximum Gasteiger partial charge on any atom is 0.159 e. The summed E-state index contributed by atoms with van der Waals surface area (Å²) in [5, 5.41) is 6.89. The van der Waals surface area contributed by atoms with Crippen LogP contribution in [0.5, 0.6) is 0 Å². The van der Waals surface area contributed by atoms with Gasteiger partial charge in [-0.1, -0.05) is 152 Å². The Morgan fingerprint density at radius 1 is 0.309 bits per heavy atom. The van der Waals surface area contributed by atoms with Crippen molar-refractivity contribution < 1.29 is 8.83 Å². The van der Waals surface area contributed by atoms with Gasteiger partial charge in [-0.2, -0.15) is 0 Å². The molecule has 0 aliphatic heterocycles. The third kappa shape index (κ3) is 5.20. The molecular formula is C52H33NO2. The Bertz CT molecular complexity index is 3210. The first-order valence-electron chi connectivity index (χ1n) is 18.7. The van der Waals surface area contributed by atoms with Crippen molar-refractivity contribution in [3.8, 4) is 33.4 Å². The van der Waals surface area contributed by atoms with E-state index in [1.54, 1.807) is 0 Å². The molecule has 0 fully saturated rings. The number of nitrogens with zero attached hydrogens (tertiary/aromatic N) is 1. The number of para-hydroxylation sites is 4. The van der Waals surface area contributed by atoms with Gasteiger partial charge in [0.1, 0.15) is 16.7 Å². The van der Waals surface area contributed by atoms with Crippen LogP contribution >= 0.6 is 0 Å². The van der Waals surface area contributed by atoms with Crippen molar-refractivity contribution in [3.05, 3.63) is 200 Å². The van der Waals surface area contributed by atoms with E-state index >= 15 is 0 Å². The number of hydrogen-bond donors (Lipinski definition) is 0. The zero-order chi connectivity index (χ0) is 36.3. The van der Waals surface area contributed by atoms with E-state index in [0.29, 0.717) is 0 Å². The summed E-state index contributed by atoms with van der Waals surface area (Å²) in [7, 11) is 0. The summed E-state index contributed by atoms with van der Waals surface area (Å²) in [5.74, 6) is 0. The molecule has 9 aromatic carbocycles. The lowest BCUT2D eigenvalue weighted by Crippen LogP contribution is -2.10. The molecule has 2 aromatic heterocycles. The quantitative estimate of drug-likeness (QED) is 0.173. The van der Waals surface area contributed by atoms with Crippen molar-refractivity contribution in [2.75, 3.05) is 4.90 Å². The van der Waals surface area contributed by atoms with Gasteiger partial charge in [-0.3, -0.25) is 0 Å². The predicted octanol–water partition coefficient (Wildman–Crippen LogP) is 15.1. The molecule has 0 saturated carbocycles. The summed E-state index contributed by atoms with van der Waals surface area (Å²) in [6, 6.07) is 70.9. The molecule has 0 radical (unpaired) electrons. The Kier molecular flexibility index (Phi) is 7.17. The Balaban J connectivity index is 1.12. The molecule has 0 spiro atoms. The number of benzene rings is 9. The standard InChI is InChI=1S/C52H33NO2/c1-2-13-36(14-3-1)47-33-40(30-31-41(47)44-18-10-19-45-42-16-6-8-22-49(42)54-51(44)45)53(48-21-11-20-46-43-17-7-9-23-50(43)55-52(46)48)39-28-26-35(27-29-39)38-25-24-34-12-4-5-15-37(34)32-38/h1-33H. The lowest BCUT2D eigenvalue weighted by atomic mass is 9.92. The second-order valence-corrected chi connectivity index (χ2v) is 14.1. The van der Waals surface area contributed by atoms with Crippen molar-refractivity contribution in [2.24, 2.45) is 0 Å². The second kappa shape index (κ2) is 12.6. The molecule has 11 rings (SSSR count). The Morgan fingerprint density at radius 2 is 0.909 bits per heavy atom. The van der Waals surface area contributed by atoms with Crippen LogP contribution in [0.3, 0.4) is 0 Å². The molecule has 0 bridgehead atoms. The molecule has 0 amide bonds. The summed E-state index contributed by atoms with van der Waals surface area (Å²) >= 11 is 0. The third-order valence-electron chi connectivity index (χ3n) is 10.9. The van der Waals surface area contributed by atoms with E-state index in [0.717, 1.165) is 88.8 Å². The fourth-order valence-electron chi connectivity index (χ4n) is 8.23. The lowest BCUT2D eigenvalue weighted by Gasteiger charge is -2.27. The molecule has 0 atom stereocenters. The molecule has 3 nitrogen and oxygen atoms in total. The van der Waals surface area contributed by atoms with Crippen molar-refractivity contribution in [1.82, 2.24) is 0 Å². The van der Waals surface area contributed by atoms with E-state index in [1.165, 1.54) is 16.3 Å². The first-order chi connectivity index (χ1) is 27.3. The largest absolute Gasteiger partial charge is 0.455 e. The zero-order valence-corrected chi connectivity index (χ0v) is 29.8. The highest BCUT2D eigenvalue weighted by atomic mass is 16.3. The summed E-state index contributed by atoms with van der Waals surface area (Å²) in [4.78, 5) is 2.33. The Labute approximate surface area is 317 Å². The zero-order valence-electron chi connectivity index (χ0n) is 29.8. The van der Waals surface area contributed by atoms with Crippen molar-refractivity contribution >= 4 is 71.7 Å². The van der Waals surface area contributed by atoms with Gasteiger partial charge in [0.2, 0.25) is 0 Å². The summed E-state index contributed by atoms with van der Waals surface area (Å²) in [5.41, 5.74) is 13.3. The highest BCUT2D eigenvalue weighted by Gasteiger charge is 2.22. The van der Waals surface area contributed by atoms with Gasteiger partial charge in [0.15, 0.2) is 5.58 Å². The summed E-state index contributed by atoms with van der Waals surface area (Å²) < 4.78 is 13.2. The molecule has 3 heteroatoms. The molecule has 0 unspecified atom stereocenters. The molecule has 55 heavy (non-hydrogen) atoms. The second-order valence-electron chi connectivity index (χ2n) is 14.1. The van der Waals surface area contributed by atoms with Crippen LogP contribution in [0.2, 0.25) is 0 Å². The number of anilines is 3. The number of fused-ring (bicyclic) bond motifs is 7. The normalized spacial score (nSPS) is 11.6. The predicted molar refractivity (Wildman–Crippen MR) is 229 cm³/mol. The van der Waals surface area contributed by atoms with Crippen LogP contribution in [-0.2, 0) is 0 Å². The van der Waals surface area contributed by atoms with Crippen LogP contribution < -0.4 is 4.90 Å². The lowest BCUT2D eigenvalue weighted by molar-refractivity contribution is 0.669. The third-order valence-corrected chi connectivity index (χ3v) is 10.9. The minimum atomic E-state index is 0.847. The molecule has 2 heterocycles. The van der Waals surface area contributed by atoms with E-state index in [-0.39, 0.29) is 0 Å². The Morgan fingerprint density at radius 3 is 1.69 bits per heavy atom. The highest BCUT2D eigenvalue weighted by molar-refractivity contribution is 6.12. The fourth-order valence-corrected chi connectivity index (χ4v) is 8.23. The molecule has 0 aliphatic carbocycles. The molecule has 0 aliphatic rings. The minimum absolute atomic E-state index is 0.847. The smallest absolute Gasteiger partial charge is 0.159 e. The van der Waals surface area contributed by atoms with Crippen LogP contribution in [0.1, 0.15) is 0 Å². The van der Waals surface area contributed by atoms with Gasteiger partial charge < -0.3 is 13.7 Å². The van der Waals surface area contributed by atoms with E-state index < -0.39 is 0 Å². The van der Waals surface area contributed by atoms with Crippen LogP contribution in [0.4, 0.5) is 17.1 Å². The number of furan rings is 2. The van der Waals surface area contributed by atoms with Crippen molar-refractivity contribution in [1.29, 1.82) is 0 Å². The molecule has 258 valence electrons. The van der Waals surface area contributed by atoms with Gasteiger partial charge in [0.25, 0.3) is 0 Å². The fraction of sp³-hybridized carbons (Fsp3) is 0. The first kappa shape index (κ1) is 31.2. The topological polar surface area (TPSA) is 29.5 Å². The maximum atomic E-state index is 6.67. The van der Waals surface area contributed by atoms with E-state index in [4.69, 9.17) is 8.83 Å². The van der Waals surface area contributed by atoms with Gasteiger partial charge in [-0.05, 0) is 87.1 Å². The maximum absolute atomic E-state index is 6.67. The highest BCUT2D eigenvalue weighted by Crippen LogP contribution is 2.46. The van der Waals surface area contributed by atoms with Gasteiger partial charge in [0, 0.05) is 38.5 Å². The number of rotatable bonds is 6. The van der Waals surface area contributed by atoms with Crippen molar-refractivity contribution in [2.45, 2.75) is 0 Å². The average Bonchev–Trinajstić information content (AvgIpc) is 3.84. The summed E-state index contributed by atoms with van der Waals surface area (Å²) in [6.45, 7) is 0. The van der Waals surface area contributed by atoms with Crippen molar-refractivity contribution in [3.63, 3.8) is 0 Å². The van der Waals surface area contributed by atoms with Crippen LogP contribution in [0, 0.1) is 0 Å². The van der Waals surface area contributed by atoms with E-state index in [9.17, 15) is 0 Å². The van der Waals surface area contributed by atoms with Crippen LogP contribution in [0.15, 0.2) is 209 Å². The minimum Gasteiger partial charge on any atom is -0.455 e. The molecular weight excluding hydrogens is 671 g/mol. The number of hydrogen-bond acceptors (Lipinski definition) is 3. The van der Waals surface area contributed by atoms with E-state index in [1.807, 2.05) is 24.3 Å². The van der Waals surface area contributed by atoms with Gasteiger partial charge >= 0.3 is 0 Å². The van der Waals surface area contributed by atoms with E-state index in [2.05, 4.69) is 181 Å². The molecule has 11 aromatic rings. The SMILES string of the molecule is c1ccc(-c2cc(N(c3ccc(-c4ccc5ccccc5c4)cc3)c3cccc4c3oc3ccccc34)ccc2-c2cccc3c2oc2ccccc23)cc1. The molecule has 0 N–H and O–H groups in total. The van der Waals surface area contributed by atoms with Gasteiger partial charge in [0.05, 0.1) is 5.69 Å². The Hall–Kier alpha value is -7.36. The van der Waals surface area contributed by atoms with Crippen LogP contribution in [0.25, 0.3) is 88.0 Å².